The standard InChI is InChI=1S/C4H6OSi/c1-4(2)5-6-3/h3H,1H2,2H3. The number of allylic oxidation sites excluding steroid dienone is 1. The third-order valence-electron chi connectivity index (χ3n) is 0.233. The van der Waals surface area contributed by atoms with E-state index in [0.717, 1.165) is 0 Å². The van der Waals surface area contributed by atoms with Gasteiger partial charge in [0.05, 0.1) is 5.76 Å². The van der Waals surface area contributed by atoms with Crippen LogP contribution in [0, 0.1) is 6.00 Å². The molecule has 0 aromatic heterocycles. The molecule has 0 heterocycles. The van der Waals surface area contributed by atoms with Crippen molar-refractivity contribution >= 4 is 9.20 Å². The minimum atomic E-state index is 0.0386. The third-order valence-corrected chi connectivity index (χ3v) is 0.699. The fraction of sp³-hybridized carbons (Fsp3) is 0.250. The first kappa shape index (κ1) is 5.54. The molecule has 0 saturated heterocycles. The summed E-state index contributed by atoms with van der Waals surface area (Å²) in [5.74, 6) is 0.677. The lowest BCUT2D eigenvalue weighted by molar-refractivity contribution is 0.473. The van der Waals surface area contributed by atoms with Crippen molar-refractivity contribution in [2.24, 2.45) is 0 Å². The second-order valence-electron chi connectivity index (χ2n) is 0.922. The van der Waals surface area contributed by atoms with E-state index in [2.05, 4.69) is 11.0 Å². The molecule has 0 aromatic rings. The van der Waals surface area contributed by atoms with Crippen molar-refractivity contribution < 1.29 is 4.43 Å². The Hall–Kier alpha value is -0.463. The predicted molar refractivity (Wildman–Crippen MR) is 26.6 cm³/mol. The van der Waals surface area contributed by atoms with Crippen LogP contribution in [0.1, 0.15) is 6.92 Å². The highest BCUT2D eigenvalue weighted by Gasteiger charge is 1.69. The Bertz CT molecular complexity index is 90.2. The fourth-order valence-corrected chi connectivity index (χ4v) is 0.302. The highest BCUT2D eigenvalue weighted by molar-refractivity contribution is 6.12. The highest BCUT2D eigenvalue weighted by Crippen LogP contribution is 1.80. The molecule has 0 aromatic carbocycles. The first-order valence-electron chi connectivity index (χ1n) is 1.55. The molecule has 6 heavy (non-hydrogen) atoms. The molecule has 0 fully saturated rings. The van der Waals surface area contributed by atoms with Gasteiger partial charge >= 0.3 is 0 Å². The topological polar surface area (TPSA) is 9.23 Å². The van der Waals surface area contributed by atoms with Crippen molar-refractivity contribution in [1.29, 1.82) is 0 Å². The van der Waals surface area contributed by atoms with Gasteiger partial charge < -0.3 is 4.43 Å². The molecule has 0 rings (SSSR count). The van der Waals surface area contributed by atoms with Crippen LogP contribution < -0.4 is 0 Å². The molecular formula is C4H6OSi. The first-order valence-corrected chi connectivity index (χ1v) is 2.54. The minimum Gasteiger partial charge on any atom is -0.472 e. The molecule has 0 saturated carbocycles. The Kier molecular flexibility index (Phi) is 2.54. The van der Waals surface area contributed by atoms with E-state index in [1.165, 1.54) is 0 Å². The summed E-state index contributed by atoms with van der Waals surface area (Å²) in [5.41, 5.74) is 0. The Morgan fingerprint density at radius 3 is 2.50 bits per heavy atom. The van der Waals surface area contributed by atoms with E-state index in [4.69, 9.17) is 6.00 Å². The van der Waals surface area contributed by atoms with Gasteiger partial charge in [-0.3, -0.25) is 0 Å². The zero-order chi connectivity index (χ0) is 4.99. The number of hydrogen-bond acceptors (Lipinski definition) is 1. The van der Waals surface area contributed by atoms with Crippen LogP contribution in [0.15, 0.2) is 12.3 Å². The molecule has 0 N–H and O–H groups in total. The minimum absolute atomic E-state index is 0.0386. The summed E-state index contributed by atoms with van der Waals surface area (Å²) in [6.07, 6.45) is 0. The second kappa shape index (κ2) is 2.76. The monoisotopic (exact) mass is 98.0 g/mol. The largest absolute Gasteiger partial charge is 0.472 e. The van der Waals surface area contributed by atoms with Gasteiger partial charge in [0.2, 0.25) is 9.20 Å². The van der Waals surface area contributed by atoms with Gasteiger partial charge in [-0.2, -0.15) is 0 Å². The van der Waals surface area contributed by atoms with Gasteiger partial charge in [0, 0.05) is 0 Å². The van der Waals surface area contributed by atoms with E-state index in [1.54, 1.807) is 6.92 Å². The molecule has 0 aliphatic heterocycles. The van der Waals surface area contributed by atoms with Crippen LogP contribution in [-0.2, 0) is 4.43 Å². The summed E-state index contributed by atoms with van der Waals surface area (Å²) in [5, 5.41) is 0. The summed E-state index contributed by atoms with van der Waals surface area (Å²) in [6.45, 7) is 5.21. The molecule has 0 unspecified atom stereocenters. The average molecular weight is 98.2 g/mol. The van der Waals surface area contributed by atoms with E-state index in [-0.39, 0.29) is 9.20 Å². The molecule has 0 atom stereocenters. The molecule has 1 nitrogen and oxygen atoms in total. The zero-order valence-corrected chi connectivity index (χ0v) is 4.69. The summed E-state index contributed by atoms with van der Waals surface area (Å²) >= 11 is 0. The van der Waals surface area contributed by atoms with Crippen LogP contribution in [0.5, 0.6) is 0 Å². The van der Waals surface area contributed by atoms with Gasteiger partial charge in [0.25, 0.3) is 0 Å². The molecule has 0 bridgehead atoms. The lowest BCUT2D eigenvalue weighted by atomic mass is 10.7. The van der Waals surface area contributed by atoms with E-state index in [9.17, 15) is 0 Å². The van der Waals surface area contributed by atoms with Crippen LogP contribution in [0.4, 0.5) is 0 Å². The maximum Gasteiger partial charge on any atom is 0.245 e. The Morgan fingerprint density at radius 2 is 2.50 bits per heavy atom. The summed E-state index contributed by atoms with van der Waals surface area (Å²) in [6, 6.07) is 4.97. The van der Waals surface area contributed by atoms with Crippen LogP contribution in [0.3, 0.4) is 0 Å². The van der Waals surface area contributed by atoms with E-state index in [0.29, 0.717) is 5.76 Å². The molecule has 0 aliphatic rings. The van der Waals surface area contributed by atoms with Crippen LogP contribution in [-0.4, -0.2) is 9.20 Å². The molecule has 2 heteroatoms. The molecule has 0 spiro atoms. The maximum absolute atomic E-state index is 4.97. The third kappa shape index (κ3) is 3.54. The van der Waals surface area contributed by atoms with Gasteiger partial charge in [0.1, 0.15) is 0 Å². The normalized spacial score (nSPS) is 6.00. The maximum atomic E-state index is 4.97. The van der Waals surface area contributed by atoms with Crippen LogP contribution in [0.2, 0.25) is 0 Å². The van der Waals surface area contributed by atoms with Crippen molar-refractivity contribution in [2.45, 2.75) is 6.92 Å². The van der Waals surface area contributed by atoms with Crippen molar-refractivity contribution in [3.8, 4) is 6.00 Å². The van der Waals surface area contributed by atoms with Gasteiger partial charge in [-0.25, -0.2) is 0 Å². The fourth-order valence-electron chi connectivity index (χ4n) is 0.101. The zero-order valence-electron chi connectivity index (χ0n) is 3.69. The smallest absolute Gasteiger partial charge is 0.245 e. The summed E-state index contributed by atoms with van der Waals surface area (Å²) in [4.78, 5) is 0. The first-order chi connectivity index (χ1) is 2.77. The molecule has 0 radical (unpaired) electrons. The SMILES string of the molecule is C#[Si]OC(=C)C. The van der Waals surface area contributed by atoms with Gasteiger partial charge in [0.15, 0.2) is 0 Å². The Balaban J connectivity index is 3.13. The van der Waals surface area contributed by atoms with Crippen LogP contribution in [0.25, 0.3) is 0 Å². The summed E-state index contributed by atoms with van der Waals surface area (Å²) in [7, 11) is 0.0386. The quantitative estimate of drug-likeness (QED) is 0.347. The molecule has 32 valence electrons. The van der Waals surface area contributed by atoms with E-state index in [1.807, 2.05) is 0 Å². The van der Waals surface area contributed by atoms with E-state index >= 15 is 0 Å². The Labute approximate surface area is 39.8 Å². The lowest BCUT2D eigenvalue weighted by Crippen LogP contribution is -1.77. The average Bonchev–Trinajstić information content (AvgIpc) is 1.35. The predicted octanol–water partition coefficient (Wildman–Crippen LogP) is 0.745. The van der Waals surface area contributed by atoms with Crippen molar-refractivity contribution in [3.63, 3.8) is 0 Å². The molecular weight excluding hydrogens is 92.1 g/mol. The van der Waals surface area contributed by atoms with Gasteiger partial charge in [-0.15, -0.1) is 6.00 Å². The van der Waals surface area contributed by atoms with Crippen molar-refractivity contribution in [2.75, 3.05) is 0 Å². The van der Waals surface area contributed by atoms with E-state index < -0.39 is 0 Å². The number of hydrogen-bond donors (Lipinski definition) is 0. The Morgan fingerprint density at radius 1 is 2.00 bits per heavy atom. The highest BCUT2D eigenvalue weighted by atomic mass is 28.2. The van der Waals surface area contributed by atoms with Gasteiger partial charge in [-0.05, 0) is 6.92 Å². The van der Waals surface area contributed by atoms with Gasteiger partial charge in [-0.1, -0.05) is 6.58 Å². The molecule has 0 aliphatic carbocycles. The lowest BCUT2D eigenvalue weighted by Gasteiger charge is -1.87. The second-order valence-corrected chi connectivity index (χ2v) is 1.36. The van der Waals surface area contributed by atoms with Crippen LogP contribution >= 0.6 is 0 Å². The van der Waals surface area contributed by atoms with Crippen molar-refractivity contribution in [1.82, 2.24) is 0 Å². The van der Waals surface area contributed by atoms with Crippen molar-refractivity contribution in [3.05, 3.63) is 12.3 Å². The summed E-state index contributed by atoms with van der Waals surface area (Å²) < 4.78 is 4.65. The molecule has 0 amide bonds. The number of rotatable bonds is 1.